The fourth-order valence-electron chi connectivity index (χ4n) is 4.34. The van der Waals surface area contributed by atoms with Gasteiger partial charge in [-0.3, -0.25) is 0 Å². The molecule has 1 heterocycles. The van der Waals surface area contributed by atoms with Crippen molar-refractivity contribution in [3.05, 3.63) is 76.4 Å². The van der Waals surface area contributed by atoms with Gasteiger partial charge in [-0.1, -0.05) is 30.4 Å². The molecule has 27 heavy (non-hydrogen) atoms. The first-order valence-corrected chi connectivity index (χ1v) is 8.74. The second-order valence-corrected chi connectivity index (χ2v) is 7.12. The van der Waals surface area contributed by atoms with Crippen molar-refractivity contribution in [3.63, 3.8) is 0 Å². The topological polar surface area (TPSA) is 49.3 Å². The van der Waals surface area contributed by atoms with E-state index in [-0.39, 0.29) is 29.0 Å². The molecule has 2 aliphatic rings. The zero-order chi connectivity index (χ0) is 19.3. The van der Waals surface area contributed by atoms with Gasteiger partial charge in [0, 0.05) is 11.6 Å². The number of aromatic carboxylic acids is 1. The number of carboxylic acids is 1. The Morgan fingerprint density at radius 1 is 1.15 bits per heavy atom. The number of hydrogen-bond donors (Lipinski definition) is 2. The van der Waals surface area contributed by atoms with Crippen LogP contribution in [-0.4, -0.2) is 11.1 Å². The number of hydrogen-bond acceptors (Lipinski definition) is 2. The standard InChI is InChI=1S/C21H18F3NO2/c1-11-5-10-16-17(18(11)21(22,23)24)14-3-2-4-15(14)19(25-16)12-6-8-13(9-7-12)20(26)27/h2-3,5-10,14-15,19,25H,4H2,1H3,(H,26,27)/t14-,15-,19+/m1/s1. The van der Waals surface area contributed by atoms with E-state index in [0.29, 0.717) is 17.7 Å². The molecule has 6 heteroatoms. The van der Waals surface area contributed by atoms with Crippen LogP contribution in [0.5, 0.6) is 0 Å². The van der Waals surface area contributed by atoms with Gasteiger partial charge in [0.15, 0.2) is 0 Å². The normalized spacial score (nSPS) is 23.5. The molecule has 2 aromatic rings. The number of nitrogens with one attached hydrogen (secondary N) is 1. The molecule has 3 atom stereocenters. The lowest BCUT2D eigenvalue weighted by atomic mass is 9.74. The Kier molecular flexibility index (Phi) is 4.02. The van der Waals surface area contributed by atoms with Gasteiger partial charge < -0.3 is 10.4 Å². The van der Waals surface area contributed by atoms with Gasteiger partial charge in [-0.05, 0) is 54.2 Å². The van der Waals surface area contributed by atoms with E-state index in [1.165, 1.54) is 25.1 Å². The SMILES string of the molecule is Cc1ccc2c(c1C(F)(F)F)[C@@H]1C=CC[C@H]1[C@H](c1ccc(C(=O)O)cc1)N2. The van der Waals surface area contributed by atoms with Crippen molar-refractivity contribution in [2.75, 3.05) is 5.32 Å². The fraction of sp³-hybridized carbons (Fsp3) is 0.286. The van der Waals surface area contributed by atoms with Crippen molar-refractivity contribution in [3.8, 4) is 0 Å². The monoisotopic (exact) mass is 373 g/mol. The van der Waals surface area contributed by atoms with Gasteiger partial charge in [0.05, 0.1) is 17.2 Å². The number of aryl methyl sites for hydroxylation is 1. The van der Waals surface area contributed by atoms with Crippen molar-refractivity contribution in [2.45, 2.75) is 31.5 Å². The van der Waals surface area contributed by atoms with Crippen LogP contribution in [0.25, 0.3) is 0 Å². The first-order valence-electron chi connectivity index (χ1n) is 8.74. The Labute approximate surface area is 154 Å². The molecule has 1 aliphatic heterocycles. The molecule has 2 aromatic carbocycles. The number of benzene rings is 2. The van der Waals surface area contributed by atoms with E-state index < -0.39 is 17.7 Å². The molecule has 1 aliphatic carbocycles. The van der Waals surface area contributed by atoms with Crippen LogP contribution in [0.3, 0.4) is 0 Å². The lowest BCUT2D eigenvalue weighted by Gasteiger charge is -2.39. The molecule has 0 bridgehead atoms. The molecule has 0 spiro atoms. The minimum Gasteiger partial charge on any atom is -0.478 e. The molecule has 2 N–H and O–H groups in total. The number of anilines is 1. The van der Waals surface area contributed by atoms with Gasteiger partial charge in [-0.25, -0.2) is 4.79 Å². The van der Waals surface area contributed by atoms with E-state index in [9.17, 15) is 18.0 Å². The molecular weight excluding hydrogens is 355 g/mol. The van der Waals surface area contributed by atoms with Gasteiger partial charge in [0.25, 0.3) is 0 Å². The average molecular weight is 373 g/mol. The Bertz CT molecular complexity index is 932. The first-order chi connectivity index (χ1) is 12.8. The minimum absolute atomic E-state index is 0.0453. The minimum atomic E-state index is -4.41. The summed E-state index contributed by atoms with van der Waals surface area (Å²) in [5.74, 6) is -1.37. The van der Waals surface area contributed by atoms with Gasteiger partial charge in [-0.15, -0.1) is 0 Å². The zero-order valence-electron chi connectivity index (χ0n) is 14.5. The van der Waals surface area contributed by atoms with Crippen LogP contribution in [0, 0.1) is 12.8 Å². The lowest BCUT2D eigenvalue weighted by Crippen LogP contribution is -2.31. The second-order valence-electron chi connectivity index (χ2n) is 7.12. The average Bonchev–Trinajstić information content (AvgIpc) is 3.10. The molecule has 3 nitrogen and oxygen atoms in total. The predicted octanol–water partition coefficient (Wildman–Crippen LogP) is 5.54. The van der Waals surface area contributed by atoms with Crippen LogP contribution in [0.1, 0.15) is 51.0 Å². The molecule has 0 saturated heterocycles. The van der Waals surface area contributed by atoms with Crippen molar-refractivity contribution >= 4 is 11.7 Å². The highest BCUT2D eigenvalue weighted by atomic mass is 19.4. The van der Waals surface area contributed by atoms with Crippen molar-refractivity contribution in [2.24, 2.45) is 5.92 Å². The van der Waals surface area contributed by atoms with Gasteiger partial charge >= 0.3 is 12.1 Å². The maximum Gasteiger partial charge on any atom is 0.417 e. The van der Waals surface area contributed by atoms with Crippen molar-refractivity contribution < 1.29 is 23.1 Å². The van der Waals surface area contributed by atoms with E-state index in [4.69, 9.17) is 5.11 Å². The van der Waals surface area contributed by atoms with Crippen LogP contribution in [0.4, 0.5) is 18.9 Å². The number of carbonyl (C=O) groups is 1. The molecule has 0 aromatic heterocycles. The van der Waals surface area contributed by atoms with Gasteiger partial charge in [0.2, 0.25) is 0 Å². The first kappa shape index (κ1) is 17.6. The summed E-state index contributed by atoms with van der Waals surface area (Å²) in [5.41, 5.74) is 1.55. The van der Waals surface area contributed by atoms with Gasteiger partial charge in [-0.2, -0.15) is 13.2 Å². The zero-order valence-corrected chi connectivity index (χ0v) is 14.5. The molecule has 0 unspecified atom stereocenters. The van der Waals surface area contributed by atoms with Crippen LogP contribution < -0.4 is 5.32 Å². The summed E-state index contributed by atoms with van der Waals surface area (Å²) in [4.78, 5) is 11.1. The van der Waals surface area contributed by atoms with E-state index in [1.54, 1.807) is 18.2 Å². The number of fused-ring (bicyclic) bond motifs is 3. The summed E-state index contributed by atoms with van der Waals surface area (Å²) >= 11 is 0. The molecule has 0 fully saturated rings. The van der Waals surface area contributed by atoms with E-state index in [2.05, 4.69) is 5.32 Å². The number of alkyl halides is 3. The fourth-order valence-corrected chi connectivity index (χ4v) is 4.34. The van der Waals surface area contributed by atoms with Crippen molar-refractivity contribution in [1.82, 2.24) is 0 Å². The summed E-state index contributed by atoms with van der Waals surface area (Å²) in [5, 5.41) is 12.4. The van der Waals surface area contributed by atoms with Crippen molar-refractivity contribution in [1.29, 1.82) is 0 Å². The number of rotatable bonds is 2. The van der Waals surface area contributed by atoms with Crippen LogP contribution >= 0.6 is 0 Å². The van der Waals surface area contributed by atoms with Crippen LogP contribution in [-0.2, 0) is 6.18 Å². The van der Waals surface area contributed by atoms with Gasteiger partial charge in [0.1, 0.15) is 0 Å². The predicted molar refractivity (Wildman–Crippen MR) is 95.9 cm³/mol. The Morgan fingerprint density at radius 2 is 1.85 bits per heavy atom. The Balaban J connectivity index is 1.80. The Morgan fingerprint density at radius 3 is 2.48 bits per heavy atom. The van der Waals surface area contributed by atoms with E-state index in [0.717, 1.165) is 5.56 Å². The summed E-state index contributed by atoms with van der Waals surface area (Å²) in [7, 11) is 0. The summed E-state index contributed by atoms with van der Waals surface area (Å²) in [6, 6.07) is 9.56. The second kappa shape index (κ2) is 6.15. The number of carboxylic acid groups (broad SMARTS) is 1. The van der Waals surface area contributed by atoms with Crippen LogP contribution in [0.15, 0.2) is 48.6 Å². The highest BCUT2D eigenvalue weighted by Gasteiger charge is 2.44. The third kappa shape index (κ3) is 2.89. The van der Waals surface area contributed by atoms with E-state index >= 15 is 0 Å². The largest absolute Gasteiger partial charge is 0.478 e. The summed E-state index contributed by atoms with van der Waals surface area (Å²) < 4.78 is 41.2. The molecule has 0 radical (unpaired) electrons. The molecule has 4 rings (SSSR count). The highest BCUT2D eigenvalue weighted by molar-refractivity contribution is 5.87. The third-order valence-electron chi connectivity index (χ3n) is 5.54. The maximum atomic E-state index is 13.7. The molecular formula is C21H18F3NO2. The number of halogens is 3. The molecule has 0 saturated carbocycles. The number of allylic oxidation sites excluding steroid dienone is 2. The quantitative estimate of drug-likeness (QED) is 0.680. The molecule has 0 amide bonds. The maximum absolute atomic E-state index is 13.7. The Hall–Kier alpha value is -2.76. The smallest absolute Gasteiger partial charge is 0.417 e. The molecule has 140 valence electrons. The third-order valence-corrected chi connectivity index (χ3v) is 5.54. The highest BCUT2D eigenvalue weighted by Crippen LogP contribution is 2.53. The van der Waals surface area contributed by atoms with E-state index in [1.807, 2.05) is 12.2 Å². The summed E-state index contributed by atoms with van der Waals surface area (Å²) in [6.07, 6.45) is 0.0760. The summed E-state index contributed by atoms with van der Waals surface area (Å²) in [6.45, 7) is 1.49. The van der Waals surface area contributed by atoms with Crippen LogP contribution in [0.2, 0.25) is 0 Å². The lowest BCUT2D eigenvalue weighted by molar-refractivity contribution is -0.138.